The van der Waals surface area contributed by atoms with Crippen molar-refractivity contribution in [3.8, 4) is 0 Å². The highest BCUT2D eigenvalue weighted by Crippen LogP contribution is 2.22. The maximum atomic E-state index is 11.9. The molecule has 0 bridgehead atoms. The summed E-state index contributed by atoms with van der Waals surface area (Å²) in [5.41, 5.74) is -0.672. The van der Waals surface area contributed by atoms with Gasteiger partial charge >= 0.3 is 0 Å². The van der Waals surface area contributed by atoms with E-state index in [1.807, 2.05) is 41.5 Å². The molecule has 0 atom stereocenters. The predicted octanol–water partition coefficient (Wildman–Crippen LogP) is 2.62. The summed E-state index contributed by atoms with van der Waals surface area (Å²) in [5.74, 6) is 0.222. The predicted molar refractivity (Wildman–Crippen MR) is 81.2 cm³/mol. The van der Waals surface area contributed by atoms with Gasteiger partial charge in [0.25, 0.3) is 0 Å². The number of hydrogen-bond acceptors (Lipinski definition) is 2. The van der Waals surface area contributed by atoms with E-state index in [0.717, 1.165) is 25.7 Å². The summed E-state index contributed by atoms with van der Waals surface area (Å²) in [6, 6.07) is 0.508. The molecule has 0 spiro atoms. The second-order valence-corrected chi connectivity index (χ2v) is 8.00. The molecule has 0 saturated heterocycles. The largest absolute Gasteiger partial charge is 0.353 e. The van der Waals surface area contributed by atoms with Gasteiger partial charge in [0, 0.05) is 22.9 Å². The zero-order valence-corrected chi connectivity index (χ0v) is 13.8. The molecule has 1 rings (SSSR count). The summed E-state index contributed by atoms with van der Waals surface area (Å²) < 4.78 is 0. The van der Waals surface area contributed by atoms with E-state index in [-0.39, 0.29) is 34.7 Å². The Morgan fingerprint density at radius 3 is 1.15 bits per heavy atom. The van der Waals surface area contributed by atoms with Crippen LogP contribution in [0.3, 0.4) is 0 Å². The molecule has 1 fully saturated rings. The van der Waals surface area contributed by atoms with Crippen LogP contribution >= 0.6 is 0 Å². The molecule has 0 radical (unpaired) electrons. The van der Waals surface area contributed by atoms with Crippen molar-refractivity contribution >= 4 is 11.8 Å². The van der Waals surface area contributed by atoms with Crippen molar-refractivity contribution in [1.82, 2.24) is 10.6 Å². The molecule has 0 aromatic heterocycles. The number of amides is 2. The summed E-state index contributed by atoms with van der Waals surface area (Å²) in [5, 5.41) is 6.22. The molecule has 0 aromatic rings. The van der Waals surface area contributed by atoms with E-state index in [9.17, 15) is 9.59 Å². The monoisotopic (exact) mass is 282 g/mol. The van der Waals surface area contributed by atoms with Crippen LogP contribution in [0.2, 0.25) is 0 Å². The zero-order valence-electron chi connectivity index (χ0n) is 13.8. The van der Waals surface area contributed by atoms with Gasteiger partial charge in [-0.05, 0) is 25.7 Å². The lowest BCUT2D eigenvalue weighted by atomic mass is 9.88. The van der Waals surface area contributed by atoms with Crippen molar-refractivity contribution < 1.29 is 9.59 Å². The first-order chi connectivity index (χ1) is 9.00. The van der Waals surface area contributed by atoms with Crippen LogP contribution in [0.4, 0.5) is 0 Å². The highest BCUT2D eigenvalue weighted by atomic mass is 16.2. The summed E-state index contributed by atoms with van der Waals surface area (Å²) >= 11 is 0. The van der Waals surface area contributed by atoms with E-state index >= 15 is 0 Å². The average molecular weight is 282 g/mol. The number of hydrogen-bond donors (Lipinski definition) is 2. The number of carbonyl (C=O) groups excluding carboxylic acids is 2. The fourth-order valence-corrected chi connectivity index (χ4v) is 2.19. The maximum absolute atomic E-state index is 11.9. The van der Waals surface area contributed by atoms with Crippen molar-refractivity contribution in [2.75, 3.05) is 0 Å². The first-order valence-corrected chi connectivity index (χ1v) is 7.62. The highest BCUT2D eigenvalue weighted by molar-refractivity contribution is 5.82. The van der Waals surface area contributed by atoms with E-state index in [1.54, 1.807) is 0 Å². The minimum absolute atomic E-state index is 0.111. The fraction of sp³-hybridized carbons (Fsp3) is 0.875. The molecule has 1 aliphatic rings. The Morgan fingerprint density at radius 1 is 0.700 bits per heavy atom. The quantitative estimate of drug-likeness (QED) is 0.818. The van der Waals surface area contributed by atoms with Gasteiger partial charge in [-0.3, -0.25) is 9.59 Å². The molecule has 0 aliphatic heterocycles. The van der Waals surface area contributed by atoms with Gasteiger partial charge in [0.15, 0.2) is 0 Å². The van der Waals surface area contributed by atoms with Gasteiger partial charge in [-0.2, -0.15) is 0 Å². The first-order valence-electron chi connectivity index (χ1n) is 7.62. The lowest BCUT2D eigenvalue weighted by molar-refractivity contribution is -0.131. The van der Waals surface area contributed by atoms with Gasteiger partial charge in [0.1, 0.15) is 0 Å². The normalized spacial score (nSPS) is 24.1. The Bertz CT molecular complexity index is 320. The average Bonchev–Trinajstić information content (AvgIpc) is 2.29. The minimum atomic E-state index is -0.336. The topological polar surface area (TPSA) is 58.2 Å². The molecule has 0 heterocycles. The van der Waals surface area contributed by atoms with Gasteiger partial charge in [0.05, 0.1) is 0 Å². The smallest absolute Gasteiger partial charge is 0.225 e. The Hall–Kier alpha value is -1.06. The molecule has 4 nitrogen and oxygen atoms in total. The van der Waals surface area contributed by atoms with Crippen LogP contribution in [0.15, 0.2) is 0 Å². The fourth-order valence-electron chi connectivity index (χ4n) is 2.19. The molecule has 2 amide bonds. The van der Waals surface area contributed by atoms with Gasteiger partial charge < -0.3 is 10.6 Å². The molecule has 20 heavy (non-hydrogen) atoms. The summed E-state index contributed by atoms with van der Waals surface area (Å²) in [4.78, 5) is 23.9. The molecule has 1 aliphatic carbocycles. The van der Waals surface area contributed by atoms with E-state index in [2.05, 4.69) is 10.6 Å². The molecule has 4 heteroatoms. The molecule has 116 valence electrons. The molecule has 0 aromatic carbocycles. The Morgan fingerprint density at radius 2 is 0.950 bits per heavy atom. The van der Waals surface area contributed by atoms with E-state index in [1.165, 1.54) is 0 Å². The van der Waals surface area contributed by atoms with Crippen LogP contribution in [0.25, 0.3) is 0 Å². The minimum Gasteiger partial charge on any atom is -0.353 e. The van der Waals surface area contributed by atoms with Crippen molar-refractivity contribution in [3.63, 3.8) is 0 Å². The third kappa shape index (κ3) is 5.14. The molecule has 1 saturated carbocycles. The van der Waals surface area contributed by atoms with Crippen LogP contribution in [-0.2, 0) is 9.59 Å². The van der Waals surface area contributed by atoms with Gasteiger partial charge in [-0.15, -0.1) is 0 Å². The third-order valence-electron chi connectivity index (χ3n) is 3.76. The SMILES string of the molecule is CC(C)(C)C(=O)NC1CCC(NC(=O)C(C)(C)C)CC1. The Balaban J connectivity index is 2.37. The number of carbonyl (C=O) groups is 2. The Labute approximate surface area is 123 Å². The van der Waals surface area contributed by atoms with E-state index in [0.29, 0.717) is 0 Å². The van der Waals surface area contributed by atoms with Crippen LogP contribution in [0.5, 0.6) is 0 Å². The van der Waals surface area contributed by atoms with Crippen molar-refractivity contribution in [2.45, 2.75) is 79.3 Å². The first kappa shape index (κ1) is 17.0. The van der Waals surface area contributed by atoms with Crippen molar-refractivity contribution in [1.29, 1.82) is 0 Å². The molecular formula is C16H30N2O2. The number of rotatable bonds is 2. The van der Waals surface area contributed by atoms with Crippen LogP contribution < -0.4 is 10.6 Å². The van der Waals surface area contributed by atoms with Crippen LogP contribution in [0, 0.1) is 10.8 Å². The second kappa shape index (κ2) is 6.15. The van der Waals surface area contributed by atoms with Gasteiger partial charge in [-0.25, -0.2) is 0 Å². The van der Waals surface area contributed by atoms with E-state index in [4.69, 9.17) is 0 Å². The lowest BCUT2D eigenvalue weighted by Crippen LogP contribution is -2.48. The molecular weight excluding hydrogens is 252 g/mol. The molecule has 2 N–H and O–H groups in total. The van der Waals surface area contributed by atoms with Crippen molar-refractivity contribution in [2.24, 2.45) is 10.8 Å². The molecule has 0 unspecified atom stereocenters. The van der Waals surface area contributed by atoms with Gasteiger partial charge in [-0.1, -0.05) is 41.5 Å². The van der Waals surface area contributed by atoms with Crippen molar-refractivity contribution in [3.05, 3.63) is 0 Å². The Kier molecular flexibility index (Phi) is 5.22. The van der Waals surface area contributed by atoms with Crippen LogP contribution in [0.1, 0.15) is 67.2 Å². The standard InChI is InChI=1S/C16H30N2O2/c1-15(2,3)13(19)17-11-7-9-12(10-8-11)18-14(20)16(4,5)6/h11-12H,7-10H2,1-6H3,(H,17,19)(H,18,20). The highest BCUT2D eigenvalue weighted by Gasteiger charge is 2.29. The summed E-state index contributed by atoms with van der Waals surface area (Å²) in [6.45, 7) is 11.6. The van der Waals surface area contributed by atoms with Gasteiger partial charge in [0.2, 0.25) is 11.8 Å². The summed E-state index contributed by atoms with van der Waals surface area (Å²) in [7, 11) is 0. The second-order valence-electron chi connectivity index (χ2n) is 8.00. The lowest BCUT2D eigenvalue weighted by Gasteiger charge is -2.32. The van der Waals surface area contributed by atoms with Crippen LogP contribution in [-0.4, -0.2) is 23.9 Å². The third-order valence-corrected chi connectivity index (χ3v) is 3.76. The van der Waals surface area contributed by atoms with E-state index < -0.39 is 0 Å². The number of nitrogens with one attached hydrogen (secondary N) is 2. The maximum Gasteiger partial charge on any atom is 0.225 e. The summed E-state index contributed by atoms with van der Waals surface area (Å²) in [6.07, 6.45) is 3.77. The zero-order chi connectivity index (χ0) is 15.6.